The predicted octanol–water partition coefficient (Wildman–Crippen LogP) is 3.26. The number of rotatable bonds is 4. The third-order valence-corrected chi connectivity index (χ3v) is 3.22. The summed E-state index contributed by atoms with van der Waals surface area (Å²) in [6.45, 7) is 0. The van der Waals surface area contributed by atoms with E-state index in [4.69, 9.17) is 11.5 Å². The smallest absolute Gasteiger partial charge is 0.176 e. The Morgan fingerprint density at radius 2 is 1.65 bits per heavy atom. The van der Waals surface area contributed by atoms with E-state index in [1.165, 1.54) is 4.68 Å². The standard InChI is InChI=1S/C16H14N6O/c17-15-14(20-19-12-4-2-1-3-5-12)16(18)22(21-15)13-8-6-11(10-23)7-9-13/h1-10H,18H2,(H2,17,21). The Kier molecular flexibility index (Phi) is 3.84. The Hall–Kier alpha value is -3.48. The molecule has 0 saturated heterocycles. The average molecular weight is 306 g/mol. The number of aromatic nitrogens is 2. The van der Waals surface area contributed by atoms with Gasteiger partial charge < -0.3 is 11.5 Å². The minimum Gasteiger partial charge on any atom is -0.382 e. The maximum Gasteiger partial charge on any atom is 0.176 e. The third kappa shape index (κ3) is 2.93. The number of benzene rings is 2. The van der Waals surface area contributed by atoms with Gasteiger partial charge in [0.2, 0.25) is 0 Å². The summed E-state index contributed by atoms with van der Waals surface area (Å²) in [6, 6.07) is 16.0. The van der Waals surface area contributed by atoms with Crippen LogP contribution in [0.2, 0.25) is 0 Å². The first kappa shape index (κ1) is 14.5. The van der Waals surface area contributed by atoms with Crippen molar-refractivity contribution in [1.82, 2.24) is 9.78 Å². The molecule has 23 heavy (non-hydrogen) atoms. The number of nitrogens with zero attached hydrogens (tertiary/aromatic N) is 4. The zero-order valence-electron chi connectivity index (χ0n) is 12.1. The van der Waals surface area contributed by atoms with Crippen LogP contribution >= 0.6 is 0 Å². The van der Waals surface area contributed by atoms with Crippen LogP contribution in [0.3, 0.4) is 0 Å². The average Bonchev–Trinajstić information content (AvgIpc) is 2.88. The van der Waals surface area contributed by atoms with Crippen LogP contribution in [0, 0.1) is 0 Å². The first-order valence-electron chi connectivity index (χ1n) is 6.85. The van der Waals surface area contributed by atoms with Crippen molar-refractivity contribution in [2.45, 2.75) is 0 Å². The van der Waals surface area contributed by atoms with Crippen molar-refractivity contribution >= 4 is 29.3 Å². The quantitative estimate of drug-likeness (QED) is 0.569. The molecule has 0 aliphatic rings. The summed E-state index contributed by atoms with van der Waals surface area (Å²) in [4.78, 5) is 10.7. The number of nitrogen functional groups attached to an aromatic ring is 2. The lowest BCUT2D eigenvalue weighted by Gasteiger charge is -2.03. The van der Waals surface area contributed by atoms with E-state index in [9.17, 15) is 4.79 Å². The fourth-order valence-corrected chi connectivity index (χ4v) is 2.04. The van der Waals surface area contributed by atoms with Gasteiger partial charge in [-0.3, -0.25) is 4.79 Å². The molecule has 0 saturated carbocycles. The molecule has 1 heterocycles. The molecule has 3 rings (SSSR count). The van der Waals surface area contributed by atoms with Gasteiger partial charge in [-0.15, -0.1) is 10.2 Å². The van der Waals surface area contributed by atoms with E-state index >= 15 is 0 Å². The van der Waals surface area contributed by atoms with Crippen LogP contribution in [0.15, 0.2) is 64.8 Å². The van der Waals surface area contributed by atoms with Gasteiger partial charge in [-0.1, -0.05) is 18.2 Å². The Balaban J connectivity index is 1.95. The van der Waals surface area contributed by atoms with Crippen LogP contribution in [0.1, 0.15) is 10.4 Å². The summed E-state index contributed by atoms with van der Waals surface area (Å²) in [5, 5.41) is 12.4. The Labute approximate surface area is 132 Å². The number of carbonyl (C=O) groups is 1. The number of azo groups is 1. The van der Waals surface area contributed by atoms with Crippen molar-refractivity contribution in [1.29, 1.82) is 0 Å². The lowest BCUT2D eigenvalue weighted by atomic mass is 10.2. The molecule has 114 valence electrons. The fourth-order valence-electron chi connectivity index (χ4n) is 2.04. The van der Waals surface area contributed by atoms with Crippen molar-refractivity contribution in [3.8, 4) is 5.69 Å². The summed E-state index contributed by atoms with van der Waals surface area (Å²) >= 11 is 0. The highest BCUT2D eigenvalue weighted by Gasteiger charge is 2.14. The Bertz CT molecular complexity index is 852. The molecule has 0 unspecified atom stereocenters. The van der Waals surface area contributed by atoms with Gasteiger partial charge >= 0.3 is 0 Å². The molecule has 0 aliphatic carbocycles. The van der Waals surface area contributed by atoms with E-state index in [1.54, 1.807) is 24.3 Å². The van der Waals surface area contributed by atoms with Gasteiger partial charge in [0, 0.05) is 5.56 Å². The molecule has 2 aromatic carbocycles. The first-order chi connectivity index (χ1) is 11.2. The monoisotopic (exact) mass is 306 g/mol. The highest BCUT2D eigenvalue weighted by Crippen LogP contribution is 2.32. The zero-order valence-corrected chi connectivity index (χ0v) is 12.1. The zero-order chi connectivity index (χ0) is 16.2. The van der Waals surface area contributed by atoms with Crippen LogP contribution < -0.4 is 11.5 Å². The molecule has 0 radical (unpaired) electrons. The van der Waals surface area contributed by atoms with E-state index < -0.39 is 0 Å². The van der Waals surface area contributed by atoms with E-state index in [2.05, 4.69) is 15.3 Å². The Morgan fingerprint density at radius 1 is 0.957 bits per heavy atom. The van der Waals surface area contributed by atoms with Crippen LogP contribution in [0.5, 0.6) is 0 Å². The van der Waals surface area contributed by atoms with Gasteiger partial charge in [0.25, 0.3) is 0 Å². The lowest BCUT2D eigenvalue weighted by Crippen LogP contribution is -2.02. The SMILES string of the molecule is Nc1nn(-c2ccc(C=O)cc2)c(N)c1N=Nc1ccccc1. The minimum atomic E-state index is 0.182. The van der Waals surface area contributed by atoms with Gasteiger partial charge in [-0.2, -0.15) is 5.11 Å². The molecule has 0 fully saturated rings. The maximum absolute atomic E-state index is 10.7. The van der Waals surface area contributed by atoms with Crippen molar-refractivity contribution in [3.63, 3.8) is 0 Å². The molecule has 7 nitrogen and oxygen atoms in total. The molecule has 0 bridgehead atoms. The fraction of sp³-hybridized carbons (Fsp3) is 0. The molecular formula is C16H14N6O. The molecule has 3 aromatic rings. The first-order valence-corrected chi connectivity index (χ1v) is 6.85. The van der Waals surface area contributed by atoms with Crippen molar-refractivity contribution < 1.29 is 4.79 Å². The number of nitrogens with two attached hydrogens (primary N) is 2. The molecule has 0 aliphatic heterocycles. The largest absolute Gasteiger partial charge is 0.382 e. The molecule has 1 aromatic heterocycles. The third-order valence-electron chi connectivity index (χ3n) is 3.22. The van der Waals surface area contributed by atoms with Gasteiger partial charge in [0.05, 0.1) is 11.4 Å². The van der Waals surface area contributed by atoms with Crippen molar-refractivity contribution in [3.05, 3.63) is 60.2 Å². The summed E-state index contributed by atoms with van der Waals surface area (Å²) < 4.78 is 1.46. The number of hydrogen-bond donors (Lipinski definition) is 2. The summed E-state index contributed by atoms with van der Waals surface area (Å²) in [5.41, 5.74) is 14.2. The van der Waals surface area contributed by atoms with Crippen molar-refractivity contribution in [2.24, 2.45) is 10.2 Å². The van der Waals surface area contributed by atoms with Crippen molar-refractivity contribution in [2.75, 3.05) is 11.5 Å². The maximum atomic E-state index is 10.7. The molecule has 4 N–H and O–H groups in total. The predicted molar refractivity (Wildman–Crippen MR) is 88.4 cm³/mol. The highest BCUT2D eigenvalue weighted by molar-refractivity contribution is 5.76. The topological polar surface area (TPSA) is 112 Å². The van der Waals surface area contributed by atoms with Gasteiger partial charge in [0.15, 0.2) is 17.3 Å². The van der Waals surface area contributed by atoms with Gasteiger partial charge in [-0.05, 0) is 36.4 Å². The Morgan fingerprint density at radius 3 is 2.30 bits per heavy atom. The molecule has 0 amide bonds. The summed E-state index contributed by atoms with van der Waals surface area (Å²) in [5.74, 6) is 0.461. The van der Waals surface area contributed by atoms with Gasteiger partial charge in [-0.25, -0.2) is 4.68 Å². The van der Waals surface area contributed by atoms with Crippen LogP contribution in [0.4, 0.5) is 23.0 Å². The highest BCUT2D eigenvalue weighted by atomic mass is 16.1. The second-order valence-corrected chi connectivity index (χ2v) is 4.78. The second kappa shape index (κ2) is 6.10. The molecular weight excluding hydrogens is 292 g/mol. The molecule has 0 spiro atoms. The number of hydrogen-bond acceptors (Lipinski definition) is 6. The summed E-state index contributed by atoms with van der Waals surface area (Å²) in [7, 11) is 0. The minimum absolute atomic E-state index is 0.182. The summed E-state index contributed by atoms with van der Waals surface area (Å²) in [6.07, 6.45) is 0.768. The lowest BCUT2D eigenvalue weighted by molar-refractivity contribution is 0.112. The number of anilines is 2. The molecule has 0 atom stereocenters. The number of carbonyl (C=O) groups excluding carboxylic acids is 1. The second-order valence-electron chi connectivity index (χ2n) is 4.78. The van der Waals surface area contributed by atoms with Crippen LogP contribution in [-0.2, 0) is 0 Å². The van der Waals surface area contributed by atoms with E-state index in [0.29, 0.717) is 22.6 Å². The van der Waals surface area contributed by atoms with E-state index in [1.807, 2.05) is 30.3 Å². The van der Waals surface area contributed by atoms with Crippen LogP contribution in [-0.4, -0.2) is 16.1 Å². The molecule has 7 heteroatoms. The van der Waals surface area contributed by atoms with E-state index in [-0.39, 0.29) is 11.6 Å². The van der Waals surface area contributed by atoms with E-state index in [0.717, 1.165) is 6.29 Å². The number of aldehydes is 1. The van der Waals surface area contributed by atoms with Crippen LogP contribution in [0.25, 0.3) is 5.69 Å². The normalized spacial score (nSPS) is 11.0. The van der Waals surface area contributed by atoms with Gasteiger partial charge in [0.1, 0.15) is 6.29 Å².